The molecule has 0 radical (unpaired) electrons. The first-order valence-corrected chi connectivity index (χ1v) is 8.49. The number of aromatic hydroxyl groups is 1. The maximum absolute atomic E-state index is 11.5. The van der Waals surface area contributed by atoms with Crippen LogP contribution in [0.25, 0.3) is 0 Å². The third-order valence-electron chi connectivity index (χ3n) is 4.12. The summed E-state index contributed by atoms with van der Waals surface area (Å²) in [5.41, 5.74) is 2.55. The number of hydrogen-bond donors (Lipinski definition) is 1. The van der Waals surface area contributed by atoms with Gasteiger partial charge < -0.3 is 5.11 Å². The SMILES string of the molecule is CC.CCC.O=C1CCC2CCc3cc(O)ccc3C2C1. The summed E-state index contributed by atoms with van der Waals surface area (Å²) < 4.78 is 0. The van der Waals surface area contributed by atoms with E-state index in [1.807, 2.05) is 26.0 Å². The second kappa shape index (κ2) is 8.86. The van der Waals surface area contributed by atoms with Crippen LogP contribution in [-0.2, 0) is 11.2 Å². The fraction of sp³-hybridized carbons (Fsp3) is 0.632. The third kappa shape index (κ3) is 4.59. The van der Waals surface area contributed by atoms with Crippen molar-refractivity contribution in [1.82, 2.24) is 0 Å². The summed E-state index contributed by atoms with van der Waals surface area (Å²) in [6.07, 6.45) is 6.02. The van der Waals surface area contributed by atoms with Gasteiger partial charge in [0.05, 0.1) is 0 Å². The fourth-order valence-corrected chi connectivity index (χ4v) is 3.28. The predicted octanol–water partition coefficient (Wildman–Crippen LogP) is 5.23. The maximum Gasteiger partial charge on any atom is 0.133 e. The Labute approximate surface area is 129 Å². The zero-order chi connectivity index (χ0) is 15.8. The Morgan fingerprint density at radius 2 is 1.76 bits per heavy atom. The lowest BCUT2D eigenvalue weighted by Crippen LogP contribution is -2.27. The van der Waals surface area contributed by atoms with Crippen LogP contribution in [0.3, 0.4) is 0 Å². The standard InChI is InChI=1S/C14H16O2.C3H8.C2H6/c15-11-5-6-13-10(7-11)2-1-9-3-4-12(16)8-14(9)13;1-3-2;1-2/h5-7,9,14-15H,1-4,8H2;3H2,1-2H3;1-2H3. The van der Waals surface area contributed by atoms with Crippen molar-refractivity contribution in [3.63, 3.8) is 0 Å². The van der Waals surface area contributed by atoms with Crippen LogP contribution in [0.1, 0.15) is 76.8 Å². The Kier molecular flexibility index (Phi) is 7.49. The number of carbonyl (C=O) groups excluding carboxylic acids is 1. The quantitative estimate of drug-likeness (QED) is 0.710. The highest BCUT2D eigenvalue weighted by atomic mass is 16.3. The molecule has 1 aromatic carbocycles. The molecule has 0 saturated heterocycles. The molecular formula is C19H30O2. The second-order valence-electron chi connectivity index (χ2n) is 5.78. The lowest BCUT2D eigenvalue weighted by atomic mass is 9.68. The van der Waals surface area contributed by atoms with E-state index in [-0.39, 0.29) is 0 Å². The smallest absolute Gasteiger partial charge is 0.133 e. The molecule has 0 spiro atoms. The summed E-state index contributed by atoms with van der Waals surface area (Å²) in [5, 5.41) is 9.47. The van der Waals surface area contributed by atoms with Gasteiger partial charge in [-0.05, 0) is 54.4 Å². The number of ketones is 1. The summed E-state index contributed by atoms with van der Waals surface area (Å²) in [6, 6.07) is 5.63. The number of rotatable bonds is 0. The van der Waals surface area contributed by atoms with Crippen molar-refractivity contribution in [1.29, 1.82) is 0 Å². The summed E-state index contributed by atoms with van der Waals surface area (Å²) in [5.74, 6) is 1.86. The summed E-state index contributed by atoms with van der Waals surface area (Å²) in [4.78, 5) is 11.5. The van der Waals surface area contributed by atoms with Gasteiger partial charge >= 0.3 is 0 Å². The van der Waals surface area contributed by atoms with E-state index in [0.717, 1.165) is 19.3 Å². The molecule has 118 valence electrons. The molecule has 3 rings (SSSR count). The molecule has 2 nitrogen and oxygen atoms in total. The molecular weight excluding hydrogens is 260 g/mol. The van der Waals surface area contributed by atoms with Crippen LogP contribution < -0.4 is 0 Å². The van der Waals surface area contributed by atoms with Crippen LogP contribution in [0.15, 0.2) is 18.2 Å². The van der Waals surface area contributed by atoms with Crippen molar-refractivity contribution in [3.8, 4) is 5.75 Å². The molecule has 21 heavy (non-hydrogen) atoms. The van der Waals surface area contributed by atoms with Crippen molar-refractivity contribution in [2.75, 3.05) is 0 Å². The number of benzene rings is 1. The molecule has 2 unspecified atom stereocenters. The van der Waals surface area contributed by atoms with Gasteiger partial charge in [-0.2, -0.15) is 0 Å². The van der Waals surface area contributed by atoms with E-state index in [1.165, 1.54) is 24.0 Å². The van der Waals surface area contributed by atoms with Crippen LogP contribution in [-0.4, -0.2) is 10.9 Å². The number of hydrogen-bond acceptors (Lipinski definition) is 2. The van der Waals surface area contributed by atoms with Gasteiger partial charge in [-0.15, -0.1) is 0 Å². The van der Waals surface area contributed by atoms with E-state index >= 15 is 0 Å². The third-order valence-corrected chi connectivity index (χ3v) is 4.12. The average Bonchev–Trinajstić information content (AvgIpc) is 2.49. The van der Waals surface area contributed by atoms with Crippen LogP contribution in [0, 0.1) is 5.92 Å². The molecule has 2 heteroatoms. The van der Waals surface area contributed by atoms with E-state index in [1.54, 1.807) is 6.07 Å². The molecule has 0 aromatic heterocycles. The van der Waals surface area contributed by atoms with Gasteiger partial charge in [-0.3, -0.25) is 4.79 Å². The molecule has 0 bridgehead atoms. The van der Waals surface area contributed by atoms with E-state index in [0.29, 0.717) is 29.8 Å². The summed E-state index contributed by atoms with van der Waals surface area (Å²) in [6.45, 7) is 8.25. The van der Waals surface area contributed by atoms with Crippen molar-refractivity contribution < 1.29 is 9.90 Å². The van der Waals surface area contributed by atoms with Crippen molar-refractivity contribution >= 4 is 5.78 Å². The van der Waals surface area contributed by atoms with Crippen LogP contribution >= 0.6 is 0 Å². The predicted molar refractivity (Wildman–Crippen MR) is 88.8 cm³/mol. The van der Waals surface area contributed by atoms with Crippen LogP contribution in [0.2, 0.25) is 0 Å². The molecule has 1 saturated carbocycles. The van der Waals surface area contributed by atoms with Crippen LogP contribution in [0.5, 0.6) is 5.75 Å². The number of fused-ring (bicyclic) bond motifs is 3. The van der Waals surface area contributed by atoms with E-state index in [2.05, 4.69) is 13.8 Å². The van der Waals surface area contributed by atoms with E-state index in [9.17, 15) is 9.90 Å². The first-order chi connectivity index (χ1) is 10.2. The minimum atomic E-state index is 0.347. The summed E-state index contributed by atoms with van der Waals surface area (Å²) in [7, 11) is 0. The highest BCUT2D eigenvalue weighted by Gasteiger charge is 2.34. The van der Waals surface area contributed by atoms with Gasteiger partial charge in [-0.1, -0.05) is 40.2 Å². The Morgan fingerprint density at radius 3 is 2.43 bits per heavy atom. The Hall–Kier alpha value is -1.31. The molecule has 2 aliphatic rings. The van der Waals surface area contributed by atoms with Crippen molar-refractivity contribution in [2.45, 2.75) is 72.1 Å². The first-order valence-electron chi connectivity index (χ1n) is 8.49. The average molecular weight is 290 g/mol. The Balaban J connectivity index is 0.000000395. The number of phenols is 1. The topological polar surface area (TPSA) is 37.3 Å². The molecule has 0 aliphatic heterocycles. The maximum atomic E-state index is 11.5. The first kappa shape index (κ1) is 17.7. The van der Waals surface area contributed by atoms with Gasteiger partial charge in [0.15, 0.2) is 0 Å². The van der Waals surface area contributed by atoms with Gasteiger partial charge in [0.1, 0.15) is 11.5 Å². The zero-order valence-electron chi connectivity index (χ0n) is 14.0. The van der Waals surface area contributed by atoms with E-state index < -0.39 is 0 Å². The highest BCUT2D eigenvalue weighted by Crippen LogP contribution is 2.44. The highest BCUT2D eigenvalue weighted by molar-refractivity contribution is 5.80. The molecule has 2 aliphatic carbocycles. The number of carbonyl (C=O) groups is 1. The lowest BCUT2D eigenvalue weighted by molar-refractivity contribution is -0.121. The van der Waals surface area contributed by atoms with Crippen molar-refractivity contribution in [2.24, 2.45) is 5.92 Å². The molecule has 0 heterocycles. The molecule has 2 atom stereocenters. The van der Waals surface area contributed by atoms with Gasteiger partial charge in [0, 0.05) is 12.8 Å². The minimum Gasteiger partial charge on any atom is -0.508 e. The minimum absolute atomic E-state index is 0.347. The molecule has 1 fully saturated rings. The van der Waals surface area contributed by atoms with Gasteiger partial charge in [-0.25, -0.2) is 0 Å². The zero-order valence-corrected chi connectivity index (χ0v) is 14.0. The largest absolute Gasteiger partial charge is 0.508 e. The normalized spacial score (nSPS) is 22.8. The Bertz CT molecular complexity index is 451. The van der Waals surface area contributed by atoms with Crippen molar-refractivity contribution in [3.05, 3.63) is 29.3 Å². The molecule has 1 N–H and O–H groups in total. The number of aryl methyl sites for hydroxylation is 1. The lowest BCUT2D eigenvalue weighted by Gasteiger charge is -2.36. The molecule has 0 amide bonds. The van der Waals surface area contributed by atoms with E-state index in [4.69, 9.17) is 0 Å². The Morgan fingerprint density at radius 1 is 1.14 bits per heavy atom. The van der Waals surface area contributed by atoms with Crippen LogP contribution in [0.4, 0.5) is 0 Å². The monoisotopic (exact) mass is 290 g/mol. The number of phenolic OH excluding ortho intramolecular Hbond substituents is 1. The summed E-state index contributed by atoms with van der Waals surface area (Å²) >= 11 is 0. The van der Waals surface area contributed by atoms with Gasteiger partial charge in [0.2, 0.25) is 0 Å². The number of Topliss-reactive ketones (excluding diaryl/α,β-unsaturated/α-hetero) is 1. The fourth-order valence-electron chi connectivity index (χ4n) is 3.28. The molecule has 1 aromatic rings. The second-order valence-corrected chi connectivity index (χ2v) is 5.78. The van der Waals surface area contributed by atoms with Gasteiger partial charge in [0.25, 0.3) is 0 Å².